The number of para-hydroxylation sites is 2. The summed E-state index contributed by atoms with van der Waals surface area (Å²) in [6.07, 6.45) is 0. The lowest BCUT2D eigenvalue weighted by molar-refractivity contribution is 0.425. The molecule has 0 spiro atoms. The molecular weight excluding hydrogens is 381 g/mol. The van der Waals surface area contributed by atoms with Gasteiger partial charge in [-0.2, -0.15) is 0 Å². The summed E-state index contributed by atoms with van der Waals surface area (Å²) in [5.74, 6) is 0. The fourth-order valence-electron chi connectivity index (χ4n) is 5.34. The summed E-state index contributed by atoms with van der Waals surface area (Å²) in [6.45, 7) is 4.48. The highest BCUT2D eigenvalue weighted by Crippen LogP contribution is 2.49. The van der Waals surface area contributed by atoms with Crippen LogP contribution in [-0.4, -0.2) is 21.7 Å². The van der Waals surface area contributed by atoms with Gasteiger partial charge in [-0.05, 0) is 40.5 Å². The minimum Gasteiger partial charge on any atom is -0.423 e. The normalized spacial score (nSPS) is 14.1. The molecule has 0 unspecified atom stereocenters. The Kier molecular flexibility index (Phi) is 3.77. The van der Waals surface area contributed by atoms with Crippen molar-refractivity contribution in [3.05, 3.63) is 96.1 Å². The lowest BCUT2D eigenvalue weighted by Gasteiger charge is -2.23. The quantitative estimate of drug-likeness (QED) is 0.417. The predicted molar refractivity (Wildman–Crippen MR) is 128 cm³/mol. The Morgan fingerprint density at radius 2 is 1.26 bits per heavy atom. The lowest BCUT2D eigenvalue weighted by atomic mass is 9.75. The third-order valence-electron chi connectivity index (χ3n) is 6.83. The fraction of sp³-hybridized carbons (Fsp3) is 0.111. The maximum absolute atomic E-state index is 10.4. The van der Waals surface area contributed by atoms with E-state index in [1.165, 1.54) is 11.1 Å². The third kappa shape index (κ3) is 2.43. The topological polar surface area (TPSA) is 45.4 Å². The van der Waals surface area contributed by atoms with Crippen molar-refractivity contribution in [2.24, 2.45) is 0 Å². The monoisotopic (exact) mass is 403 g/mol. The number of benzene rings is 4. The van der Waals surface area contributed by atoms with Gasteiger partial charge in [-0.25, -0.2) is 0 Å². The van der Waals surface area contributed by atoms with Crippen molar-refractivity contribution in [1.29, 1.82) is 0 Å². The van der Waals surface area contributed by atoms with Crippen LogP contribution in [0.25, 0.3) is 38.6 Å². The lowest BCUT2D eigenvalue weighted by Crippen LogP contribution is -2.34. The molecule has 1 aliphatic rings. The molecule has 4 aromatic carbocycles. The number of fused-ring (bicyclic) bond motifs is 6. The van der Waals surface area contributed by atoms with E-state index in [1.807, 2.05) is 36.4 Å². The Morgan fingerprint density at radius 3 is 1.90 bits per heavy atom. The van der Waals surface area contributed by atoms with E-state index in [4.69, 9.17) is 0 Å². The van der Waals surface area contributed by atoms with Crippen LogP contribution in [0, 0.1) is 0 Å². The number of rotatable bonds is 2. The van der Waals surface area contributed by atoms with E-state index in [2.05, 4.69) is 66.9 Å². The minimum absolute atomic E-state index is 0.168. The van der Waals surface area contributed by atoms with Gasteiger partial charge < -0.3 is 14.6 Å². The molecule has 4 heteroatoms. The van der Waals surface area contributed by atoms with Crippen molar-refractivity contribution in [2.45, 2.75) is 19.3 Å². The van der Waals surface area contributed by atoms with Gasteiger partial charge in [-0.1, -0.05) is 80.6 Å². The van der Waals surface area contributed by atoms with E-state index in [9.17, 15) is 10.0 Å². The van der Waals surface area contributed by atoms with Crippen molar-refractivity contribution in [3.63, 3.8) is 0 Å². The van der Waals surface area contributed by atoms with Crippen LogP contribution in [0.3, 0.4) is 0 Å². The zero-order valence-electron chi connectivity index (χ0n) is 17.5. The number of hydrogen-bond acceptors (Lipinski definition) is 2. The second-order valence-electron chi connectivity index (χ2n) is 8.87. The molecule has 0 fully saturated rings. The molecule has 2 N–H and O–H groups in total. The summed E-state index contributed by atoms with van der Waals surface area (Å²) in [5.41, 5.74) is 7.98. The van der Waals surface area contributed by atoms with Crippen molar-refractivity contribution in [2.75, 3.05) is 0 Å². The molecule has 0 amide bonds. The molecule has 0 aliphatic heterocycles. The zero-order valence-corrected chi connectivity index (χ0v) is 17.5. The van der Waals surface area contributed by atoms with E-state index < -0.39 is 7.12 Å². The van der Waals surface area contributed by atoms with Gasteiger partial charge in [0.2, 0.25) is 0 Å². The van der Waals surface area contributed by atoms with Crippen LogP contribution >= 0.6 is 0 Å². The van der Waals surface area contributed by atoms with Crippen molar-refractivity contribution in [3.8, 4) is 16.8 Å². The Bertz CT molecular complexity index is 1440. The Morgan fingerprint density at radius 1 is 0.677 bits per heavy atom. The number of hydrogen-bond donors (Lipinski definition) is 2. The van der Waals surface area contributed by atoms with Crippen LogP contribution in [0.4, 0.5) is 0 Å². The first-order valence-electron chi connectivity index (χ1n) is 10.6. The zero-order chi connectivity index (χ0) is 21.3. The van der Waals surface area contributed by atoms with E-state index >= 15 is 0 Å². The van der Waals surface area contributed by atoms with Gasteiger partial charge in [0, 0.05) is 27.3 Å². The molecule has 0 radical (unpaired) electrons. The van der Waals surface area contributed by atoms with Gasteiger partial charge in [-0.3, -0.25) is 0 Å². The van der Waals surface area contributed by atoms with Gasteiger partial charge in [-0.15, -0.1) is 0 Å². The first kappa shape index (κ1) is 18.4. The SMILES string of the molecule is CC1(C)c2ccccc2-c2cc(B(O)O)c(-n3c4ccccc4c4ccccc43)cc21. The average Bonchev–Trinajstić information content (AvgIpc) is 3.23. The second-order valence-corrected chi connectivity index (χ2v) is 8.87. The summed E-state index contributed by atoms with van der Waals surface area (Å²) in [5, 5.41) is 23.1. The molecule has 6 rings (SSSR count). The molecule has 3 nitrogen and oxygen atoms in total. The molecule has 1 heterocycles. The van der Waals surface area contributed by atoms with Gasteiger partial charge >= 0.3 is 7.12 Å². The summed E-state index contributed by atoms with van der Waals surface area (Å²) in [4.78, 5) is 0. The highest BCUT2D eigenvalue weighted by molar-refractivity contribution is 6.60. The summed E-state index contributed by atoms with van der Waals surface area (Å²) < 4.78 is 2.17. The van der Waals surface area contributed by atoms with Gasteiger partial charge in [0.1, 0.15) is 0 Å². The van der Waals surface area contributed by atoms with Crippen LogP contribution in [0.5, 0.6) is 0 Å². The first-order valence-corrected chi connectivity index (χ1v) is 10.6. The molecule has 0 atom stereocenters. The minimum atomic E-state index is -1.57. The largest absolute Gasteiger partial charge is 0.490 e. The third-order valence-corrected chi connectivity index (χ3v) is 6.83. The molecule has 31 heavy (non-hydrogen) atoms. The van der Waals surface area contributed by atoms with Crippen LogP contribution < -0.4 is 5.46 Å². The highest BCUT2D eigenvalue weighted by Gasteiger charge is 2.37. The van der Waals surface area contributed by atoms with Gasteiger partial charge in [0.15, 0.2) is 0 Å². The van der Waals surface area contributed by atoms with Gasteiger partial charge in [0.25, 0.3) is 0 Å². The molecule has 150 valence electrons. The molecular formula is C27H22BNO2. The summed E-state index contributed by atoms with van der Waals surface area (Å²) in [6, 6.07) is 29.1. The smallest absolute Gasteiger partial charge is 0.423 e. The first-order chi connectivity index (χ1) is 15.0. The van der Waals surface area contributed by atoms with Crippen LogP contribution in [0.15, 0.2) is 84.9 Å². The fourth-order valence-corrected chi connectivity index (χ4v) is 5.34. The molecule has 0 saturated heterocycles. The van der Waals surface area contributed by atoms with E-state index in [0.717, 1.165) is 38.6 Å². The highest BCUT2D eigenvalue weighted by atomic mass is 16.4. The van der Waals surface area contributed by atoms with Crippen molar-refractivity contribution >= 4 is 34.4 Å². The number of nitrogens with zero attached hydrogens (tertiary/aromatic N) is 1. The van der Waals surface area contributed by atoms with Crippen molar-refractivity contribution < 1.29 is 10.0 Å². The summed E-state index contributed by atoms with van der Waals surface area (Å²) in [7, 11) is -1.57. The Hall–Kier alpha value is -3.34. The van der Waals surface area contributed by atoms with Crippen LogP contribution in [0.1, 0.15) is 25.0 Å². The standard InChI is InChI=1S/C27H22BNO2/c1-27(2)21-12-6-3-9-17(21)20-15-23(28(30)31)26(16-22(20)27)29-24-13-7-4-10-18(24)19-11-5-8-14-25(19)29/h3-16,30-31H,1-2H3. The van der Waals surface area contributed by atoms with Crippen LogP contribution in [0.2, 0.25) is 0 Å². The molecule has 0 bridgehead atoms. The van der Waals surface area contributed by atoms with Gasteiger partial charge in [0.05, 0.1) is 11.0 Å². The average molecular weight is 403 g/mol. The number of aromatic nitrogens is 1. The molecule has 0 saturated carbocycles. The van der Waals surface area contributed by atoms with Crippen LogP contribution in [-0.2, 0) is 5.41 Å². The molecule has 5 aromatic rings. The summed E-state index contributed by atoms with van der Waals surface area (Å²) >= 11 is 0. The van der Waals surface area contributed by atoms with Crippen molar-refractivity contribution in [1.82, 2.24) is 4.57 Å². The Labute approximate surface area is 181 Å². The van der Waals surface area contributed by atoms with E-state index in [-0.39, 0.29) is 5.41 Å². The molecule has 1 aromatic heterocycles. The van der Waals surface area contributed by atoms with E-state index in [1.54, 1.807) is 0 Å². The maximum atomic E-state index is 10.4. The maximum Gasteiger partial charge on any atom is 0.490 e. The van der Waals surface area contributed by atoms with E-state index in [0.29, 0.717) is 5.46 Å². The second kappa shape index (κ2) is 6.33. The predicted octanol–water partition coefficient (Wildman–Crippen LogP) is 4.77. The molecule has 1 aliphatic carbocycles. The Balaban J connectivity index is 1.75.